The van der Waals surface area contributed by atoms with Crippen LogP contribution in [0, 0.1) is 13.8 Å². The lowest BCUT2D eigenvalue weighted by Crippen LogP contribution is -2.56. The number of amides is 3. The van der Waals surface area contributed by atoms with E-state index in [-0.39, 0.29) is 11.9 Å². The molecule has 1 rings (SSSR count). The van der Waals surface area contributed by atoms with Crippen LogP contribution in [0.4, 0.5) is 4.79 Å². The quantitative estimate of drug-likeness (QED) is 0.381. The first-order chi connectivity index (χ1) is 16.4. The van der Waals surface area contributed by atoms with Crippen molar-refractivity contribution >= 4 is 17.9 Å². The van der Waals surface area contributed by atoms with Crippen LogP contribution >= 0.6 is 0 Å². The van der Waals surface area contributed by atoms with Crippen molar-refractivity contribution in [2.75, 3.05) is 13.2 Å². The van der Waals surface area contributed by atoms with Crippen molar-refractivity contribution < 1.29 is 24.2 Å². The molecule has 0 saturated heterocycles. The number of alkyl carbamates (subject to hydrolysis) is 1. The summed E-state index contributed by atoms with van der Waals surface area (Å²) >= 11 is 0. The third kappa shape index (κ3) is 9.17. The van der Waals surface area contributed by atoms with Crippen LogP contribution in [0.15, 0.2) is 18.2 Å². The van der Waals surface area contributed by atoms with E-state index < -0.39 is 36.3 Å². The molecule has 0 spiro atoms. The van der Waals surface area contributed by atoms with Crippen LogP contribution in [0.5, 0.6) is 0 Å². The molecule has 0 aromatic heterocycles. The van der Waals surface area contributed by atoms with Gasteiger partial charge in [-0.25, -0.2) is 4.79 Å². The number of aryl methyl sites for hydroxylation is 1. The van der Waals surface area contributed by atoms with Gasteiger partial charge in [0.1, 0.15) is 17.7 Å². The number of nitrogens with zero attached hydrogens (tertiary/aromatic N) is 1. The van der Waals surface area contributed by atoms with E-state index in [0.717, 1.165) is 36.0 Å². The lowest BCUT2D eigenvalue weighted by atomic mass is 9.93. The summed E-state index contributed by atoms with van der Waals surface area (Å²) in [5, 5.41) is 15.5. The third-order valence-corrected chi connectivity index (χ3v) is 6.04. The maximum absolute atomic E-state index is 13.8. The molecule has 3 N–H and O–H groups in total. The molecule has 3 amide bonds. The summed E-state index contributed by atoms with van der Waals surface area (Å²) in [6, 6.07) is 3.20. The fourth-order valence-corrected chi connectivity index (χ4v) is 3.78. The summed E-state index contributed by atoms with van der Waals surface area (Å²) in [7, 11) is 0. The first-order valence-corrected chi connectivity index (χ1v) is 12.6. The number of rotatable bonds is 12. The maximum Gasteiger partial charge on any atom is 0.408 e. The molecule has 198 valence electrons. The Morgan fingerprint density at radius 2 is 1.77 bits per heavy atom. The molecule has 0 saturated carbocycles. The van der Waals surface area contributed by atoms with E-state index in [0.29, 0.717) is 13.0 Å². The predicted molar refractivity (Wildman–Crippen MR) is 138 cm³/mol. The van der Waals surface area contributed by atoms with Gasteiger partial charge in [0.25, 0.3) is 0 Å². The Morgan fingerprint density at radius 3 is 2.31 bits per heavy atom. The molecule has 0 aliphatic heterocycles. The average molecular weight is 492 g/mol. The topological polar surface area (TPSA) is 108 Å². The van der Waals surface area contributed by atoms with Gasteiger partial charge < -0.3 is 25.4 Å². The van der Waals surface area contributed by atoms with Crippen LogP contribution in [0.3, 0.4) is 0 Å². The van der Waals surface area contributed by atoms with Gasteiger partial charge >= 0.3 is 6.09 Å². The normalized spacial score (nSPS) is 14.0. The van der Waals surface area contributed by atoms with Gasteiger partial charge in [-0.3, -0.25) is 9.59 Å². The van der Waals surface area contributed by atoms with Gasteiger partial charge in [0, 0.05) is 12.6 Å². The molecule has 35 heavy (non-hydrogen) atoms. The molecule has 3 unspecified atom stereocenters. The number of ether oxygens (including phenoxy) is 1. The summed E-state index contributed by atoms with van der Waals surface area (Å²) in [5.74, 6) is -0.820. The second-order valence-corrected chi connectivity index (χ2v) is 10.1. The smallest absolute Gasteiger partial charge is 0.408 e. The van der Waals surface area contributed by atoms with Gasteiger partial charge in [0.15, 0.2) is 0 Å². The number of aliphatic hydroxyl groups excluding tert-OH is 1. The predicted octanol–water partition coefficient (Wildman–Crippen LogP) is 4.16. The Bertz CT molecular complexity index is 850. The number of hydrogen-bond acceptors (Lipinski definition) is 5. The number of hydrogen-bond donors (Lipinski definition) is 3. The summed E-state index contributed by atoms with van der Waals surface area (Å²) in [4.78, 5) is 41.2. The van der Waals surface area contributed by atoms with Crippen molar-refractivity contribution in [3.8, 4) is 0 Å². The highest BCUT2D eigenvalue weighted by Gasteiger charge is 2.38. The second kappa shape index (κ2) is 14.1. The molecular weight excluding hydrogens is 446 g/mol. The van der Waals surface area contributed by atoms with E-state index in [9.17, 15) is 19.5 Å². The van der Waals surface area contributed by atoms with Gasteiger partial charge in [-0.05, 0) is 71.1 Å². The van der Waals surface area contributed by atoms with Crippen LogP contribution in [-0.4, -0.2) is 58.8 Å². The zero-order valence-electron chi connectivity index (χ0n) is 22.7. The Balaban J connectivity index is 3.44. The highest BCUT2D eigenvalue weighted by Crippen LogP contribution is 2.29. The Morgan fingerprint density at radius 1 is 1.11 bits per heavy atom. The largest absolute Gasteiger partial charge is 0.444 e. The highest BCUT2D eigenvalue weighted by molar-refractivity contribution is 5.92. The molecule has 0 radical (unpaired) electrons. The molecule has 1 aromatic carbocycles. The van der Waals surface area contributed by atoms with Gasteiger partial charge in [0.05, 0.1) is 6.61 Å². The Labute approximate surface area is 210 Å². The maximum atomic E-state index is 13.8. The molecular formula is C27H45N3O5. The number of benzene rings is 1. The SMILES string of the molecule is CCCCCNC(=O)C(c1cccc(C)c1C)N(C(=O)C(CO)NC(=O)OC(C)(C)C)C(C)CC. The van der Waals surface area contributed by atoms with Crippen LogP contribution in [0.1, 0.15) is 90.0 Å². The summed E-state index contributed by atoms with van der Waals surface area (Å²) in [6.45, 7) is 14.8. The third-order valence-electron chi connectivity index (χ3n) is 6.04. The first-order valence-electron chi connectivity index (χ1n) is 12.6. The van der Waals surface area contributed by atoms with Crippen molar-refractivity contribution in [2.45, 2.75) is 105 Å². The number of aliphatic hydroxyl groups is 1. The first kappa shape index (κ1) is 30.4. The molecule has 0 aliphatic rings. The summed E-state index contributed by atoms with van der Waals surface area (Å²) < 4.78 is 5.28. The van der Waals surface area contributed by atoms with Crippen molar-refractivity contribution in [1.82, 2.24) is 15.5 Å². The van der Waals surface area contributed by atoms with Crippen molar-refractivity contribution in [3.05, 3.63) is 34.9 Å². The molecule has 3 atom stereocenters. The molecule has 1 aromatic rings. The van der Waals surface area contributed by atoms with Crippen molar-refractivity contribution in [2.24, 2.45) is 0 Å². The molecule has 8 nitrogen and oxygen atoms in total. The number of unbranched alkanes of at least 4 members (excludes halogenated alkanes) is 2. The van der Waals surface area contributed by atoms with E-state index in [4.69, 9.17) is 4.74 Å². The zero-order chi connectivity index (χ0) is 26.8. The number of carbonyl (C=O) groups excluding carboxylic acids is 3. The standard InChI is InChI=1S/C27H45N3O5/c1-9-11-12-16-28-24(32)23(21-15-13-14-18(3)20(21)5)30(19(4)10-2)25(33)22(17-31)29-26(34)35-27(6,7)8/h13-15,19,22-23,31H,9-12,16-17H2,1-8H3,(H,28,32)(H,29,34). The molecule has 0 heterocycles. The van der Waals surface area contributed by atoms with E-state index in [2.05, 4.69) is 17.6 Å². The minimum Gasteiger partial charge on any atom is -0.444 e. The van der Waals surface area contributed by atoms with E-state index in [1.54, 1.807) is 20.8 Å². The molecule has 8 heteroatoms. The lowest BCUT2D eigenvalue weighted by Gasteiger charge is -2.38. The van der Waals surface area contributed by atoms with Crippen LogP contribution < -0.4 is 10.6 Å². The molecule has 0 fully saturated rings. The van der Waals surface area contributed by atoms with Gasteiger partial charge in [-0.15, -0.1) is 0 Å². The summed E-state index contributed by atoms with van der Waals surface area (Å²) in [6.07, 6.45) is 2.65. The summed E-state index contributed by atoms with van der Waals surface area (Å²) in [5.41, 5.74) is 1.89. The van der Waals surface area contributed by atoms with Crippen LogP contribution in [-0.2, 0) is 14.3 Å². The Hall–Kier alpha value is -2.61. The molecule has 0 aliphatic carbocycles. The van der Waals surface area contributed by atoms with Gasteiger partial charge in [0.2, 0.25) is 11.8 Å². The van der Waals surface area contributed by atoms with E-state index in [1.165, 1.54) is 4.90 Å². The highest BCUT2D eigenvalue weighted by atomic mass is 16.6. The number of carbonyl (C=O) groups is 3. The zero-order valence-corrected chi connectivity index (χ0v) is 22.7. The van der Waals surface area contributed by atoms with Gasteiger partial charge in [-0.1, -0.05) is 44.9 Å². The van der Waals surface area contributed by atoms with Crippen LogP contribution in [0.25, 0.3) is 0 Å². The minimum absolute atomic E-state index is 0.280. The van der Waals surface area contributed by atoms with Crippen molar-refractivity contribution in [3.63, 3.8) is 0 Å². The second-order valence-electron chi connectivity index (χ2n) is 10.1. The fraction of sp³-hybridized carbons (Fsp3) is 0.667. The Kier molecular flexibility index (Phi) is 12.2. The molecule has 0 bridgehead atoms. The number of nitrogens with one attached hydrogen (secondary N) is 2. The van der Waals surface area contributed by atoms with E-state index in [1.807, 2.05) is 45.9 Å². The van der Waals surface area contributed by atoms with Crippen molar-refractivity contribution in [1.29, 1.82) is 0 Å². The minimum atomic E-state index is -1.25. The van der Waals surface area contributed by atoms with E-state index >= 15 is 0 Å². The average Bonchev–Trinajstić information content (AvgIpc) is 2.78. The fourth-order valence-electron chi connectivity index (χ4n) is 3.78. The van der Waals surface area contributed by atoms with Gasteiger partial charge in [-0.2, -0.15) is 0 Å². The monoisotopic (exact) mass is 491 g/mol. The lowest BCUT2D eigenvalue weighted by molar-refractivity contribution is -0.145. The van der Waals surface area contributed by atoms with Crippen LogP contribution in [0.2, 0.25) is 0 Å².